The average Bonchev–Trinajstić information content (AvgIpc) is 2.72. The van der Waals surface area contributed by atoms with E-state index in [1.807, 2.05) is 30.3 Å². The molecule has 1 aliphatic heterocycles. The average molecular weight is 388 g/mol. The molecule has 0 spiro atoms. The topological polar surface area (TPSA) is 92.3 Å². The van der Waals surface area contributed by atoms with E-state index in [0.717, 1.165) is 18.4 Å². The molecule has 1 aromatic heterocycles. The molecule has 0 bridgehead atoms. The summed E-state index contributed by atoms with van der Waals surface area (Å²) in [6.45, 7) is 1.56. The zero-order chi connectivity index (χ0) is 19.1. The van der Waals surface area contributed by atoms with Crippen molar-refractivity contribution in [3.63, 3.8) is 0 Å². The predicted molar refractivity (Wildman–Crippen MR) is 103 cm³/mol. The molecule has 1 fully saturated rings. The quantitative estimate of drug-likeness (QED) is 0.776. The molecule has 144 valence electrons. The Hall–Kier alpha value is -2.32. The molecule has 1 saturated heterocycles. The second-order valence-corrected chi connectivity index (χ2v) is 8.82. The van der Waals surface area contributed by atoms with Crippen LogP contribution in [0.15, 0.2) is 48.8 Å². The van der Waals surface area contributed by atoms with Crippen molar-refractivity contribution in [3.05, 3.63) is 59.9 Å². The minimum absolute atomic E-state index is 0.132. The first-order valence-corrected chi connectivity index (χ1v) is 10.7. The molecule has 0 unspecified atom stereocenters. The van der Waals surface area contributed by atoms with Gasteiger partial charge in [0.2, 0.25) is 10.0 Å². The third-order valence-corrected chi connectivity index (χ3v) is 6.73. The predicted octanol–water partition coefficient (Wildman–Crippen LogP) is 1.49. The van der Waals surface area contributed by atoms with Crippen molar-refractivity contribution < 1.29 is 13.2 Å². The molecule has 0 atom stereocenters. The molecule has 1 amide bonds. The van der Waals surface area contributed by atoms with Gasteiger partial charge in [0.15, 0.2) is 0 Å². The van der Waals surface area contributed by atoms with Gasteiger partial charge in [0.05, 0.1) is 23.7 Å². The number of nitrogens with one attached hydrogen (secondary N) is 1. The van der Waals surface area contributed by atoms with Crippen LogP contribution in [0.5, 0.6) is 0 Å². The van der Waals surface area contributed by atoms with Crippen LogP contribution in [0.1, 0.15) is 28.8 Å². The molecule has 1 N–H and O–H groups in total. The van der Waals surface area contributed by atoms with Crippen molar-refractivity contribution >= 4 is 15.9 Å². The standard InChI is InChI=1S/C19H24N4O3S/c24-19(18-6-10-21-22-15-18)20-14-17-7-11-23(12-8-17)27(25,26)13-9-16-4-2-1-3-5-16/h1-6,10,15,17H,7-9,11-14H2,(H,20,24). The Morgan fingerprint density at radius 3 is 2.52 bits per heavy atom. The van der Waals surface area contributed by atoms with E-state index >= 15 is 0 Å². The molecule has 1 aliphatic rings. The summed E-state index contributed by atoms with van der Waals surface area (Å²) < 4.78 is 26.7. The van der Waals surface area contributed by atoms with Crippen molar-refractivity contribution in [3.8, 4) is 0 Å². The number of carbonyl (C=O) groups is 1. The molecule has 0 aliphatic carbocycles. The lowest BCUT2D eigenvalue weighted by molar-refractivity contribution is 0.0941. The van der Waals surface area contributed by atoms with Gasteiger partial charge in [-0.1, -0.05) is 30.3 Å². The fourth-order valence-electron chi connectivity index (χ4n) is 3.18. The fourth-order valence-corrected chi connectivity index (χ4v) is 4.70. The van der Waals surface area contributed by atoms with Crippen LogP contribution < -0.4 is 5.32 Å². The molecule has 0 saturated carbocycles. The third kappa shape index (κ3) is 5.58. The van der Waals surface area contributed by atoms with Crippen molar-refractivity contribution in [1.82, 2.24) is 19.8 Å². The zero-order valence-electron chi connectivity index (χ0n) is 15.1. The summed E-state index contributed by atoms with van der Waals surface area (Å²) in [5, 5.41) is 10.2. The summed E-state index contributed by atoms with van der Waals surface area (Å²) in [4.78, 5) is 12.0. The van der Waals surface area contributed by atoms with Gasteiger partial charge in [0.25, 0.3) is 5.91 Å². The maximum atomic E-state index is 12.6. The third-order valence-electron chi connectivity index (χ3n) is 4.86. The Morgan fingerprint density at radius 1 is 1.11 bits per heavy atom. The summed E-state index contributed by atoms with van der Waals surface area (Å²) in [5.74, 6) is 0.236. The molecule has 2 heterocycles. The Kier molecular flexibility index (Phi) is 6.52. The minimum Gasteiger partial charge on any atom is -0.352 e. The summed E-state index contributed by atoms with van der Waals surface area (Å²) in [7, 11) is -3.25. The largest absolute Gasteiger partial charge is 0.352 e. The Morgan fingerprint density at radius 2 is 1.85 bits per heavy atom. The summed E-state index contributed by atoms with van der Waals surface area (Å²) in [6, 6.07) is 11.3. The maximum Gasteiger partial charge on any atom is 0.252 e. The van der Waals surface area contributed by atoms with E-state index in [1.54, 1.807) is 10.4 Å². The summed E-state index contributed by atoms with van der Waals surface area (Å²) >= 11 is 0. The highest BCUT2D eigenvalue weighted by Gasteiger charge is 2.27. The maximum absolute atomic E-state index is 12.6. The molecule has 3 rings (SSSR count). The van der Waals surface area contributed by atoms with Gasteiger partial charge in [-0.15, -0.1) is 0 Å². The number of carbonyl (C=O) groups excluding carboxylic acids is 1. The normalized spacial score (nSPS) is 16.1. The van der Waals surface area contributed by atoms with E-state index in [-0.39, 0.29) is 17.6 Å². The van der Waals surface area contributed by atoms with Gasteiger partial charge in [-0.3, -0.25) is 4.79 Å². The van der Waals surface area contributed by atoms with Gasteiger partial charge in [0, 0.05) is 19.6 Å². The van der Waals surface area contributed by atoms with E-state index in [0.29, 0.717) is 31.6 Å². The lowest BCUT2D eigenvalue weighted by Gasteiger charge is -2.31. The van der Waals surface area contributed by atoms with Gasteiger partial charge in [-0.25, -0.2) is 12.7 Å². The molecular weight excluding hydrogens is 364 g/mol. The number of amides is 1. The highest BCUT2D eigenvalue weighted by molar-refractivity contribution is 7.89. The van der Waals surface area contributed by atoms with Crippen LogP contribution >= 0.6 is 0 Å². The molecular formula is C19H24N4O3S. The smallest absolute Gasteiger partial charge is 0.252 e. The summed E-state index contributed by atoms with van der Waals surface area (Å²) in [5.41, 5.74) is 1.51. The number of aryl methyl sites for hydroxylation is 1. The van der Waals surface area contributed by atoms with Gasteiger partial charge in [-0.2, -0.15) is 10.2 Å². The molecule has 1 aromatic carbocycles. The number of sulfonamides is 1. The molecule has 7 nitrogen and oxygen atoms in total. The van der Waals surface area contributed by atoms with Crippen LogP contribution in [0.3, 0.4) is 0 Å². The molecule has 0 radical (unpaired) electrons. The zero-order valence-corrected chi connectivity index (χ0v) is 15.9. The van der Waals surface area contributed by atoms with E-state index < -0.39 is 10.0 Å². The van der Waals surface area contributed by atoms with Crippen LogP contribution in [-0.4, -0.2) is 54.2 Å². The Labute approximate surface area is 159 Å². The molecule has 2 aromatic rings. The lowest BCUT2D eigenvalue weighted by Crippen LogP contribution is -2.42. The second kappa shape index (κ2) is 9.05. The first-order valence-electron chi connectivity index (χ1n) is 9.11. The van der Waals surface area contributed by atoms with Crippen molar-refractivity contribution in [2.75, 3.05) is 25.4 Å². The number of hydrogen-bond acceptors (Lipinski definition) is 5. The number of nitrogens with zero attached hydrogens (tertiary/aromatic N) is 3. The van der Waals surface area contributed by atoms with Crippen LogP contribution in [0, 0.1) is 5.92 Å². The molecule has 27 heavy (non-hydrogen) atoms. The monoisotopic (exact) mass is 388 g/mol. The van der Waals surface area contributed by atoms with Gasteiger partial charge >= 0.3 is 0 Å². The van der Waals surface area contributed by atoms with Crippen LogP contribution in [0.4, 0.5) is 0 Å². The molecule has 8 heteroatoms. The first-order chi connectivity index (χ1) is 13.0. The van der Waals surface area contributed by atoms with Gasteiger partial charge in [0.1, 0.15) is 0 Å². The minimum atomic E-state index is -3.25. The SMILES string of the molecule is O=C(NCC1CCN(S(=O)(=O)CCc2ccccc2)CC1)c1ccnnc1. The van der Waals surface area contributed by atoms with Crippen LogP contribution in [0.25, 0.3) is 0 Å². The number of benzene rings is 1. The van der Waals surface area contributed by atoms with E-state index in [2.05, 4.69) is 15.5 Å². The first kappa shape index (κ1) is 19.4. The van der Waals surface area contributed by atoms with E-state index in [1.165, 1.54) is 12.4 Å². The van der Waals surface area contributed by atoms with Crippen LogP contribution in [-0.2, 0) is 16.4 Å². The van der Waals surface area contributed by atoms with Gasteiger partial charge in [-0.05, 0) is 36.8 Å². The summed E-state index contributed by atoms with van der Waals surface area (Å²) in [6.07, 6.45) is 4.93. The van der Waals surface area contributed by atoms with E-state index in [9.17, 15) is 13.2 Å². The number of hydrogen-bond donors (Lipinski definition) is 1. The van der Waals surface area contributed by atoms with Crippen molar-refractivity contribution in [2.45, 2.75) is 19.3 Å². The highest BCUT2D eigenvalue weighted by atomic mass is 32.2. The van der Waals surface area contributed by atoms with Crippen molar-refractivity contribution in [2.24, 2.45) is 5.92 Å². The Bertz CT molecular complexity index is 836. The highest BCUT2D eigenvalue weighted by Crippen LogP contribution is 2.20. The fraction of sp³-hybridized carbons (Fsp3) is 0.421. The number of piperidine rings is 1. The van der Waals surface area contributed by atoms with Gasteiger partial charge < -0.3 is 5.32 Å². The lowest BCUT2D eigenvalue weighted by atomic mass is 9.98. The Balaban J connectivity index is 1.43. The number of aromatic nitrogens is 2. The van der Waals surface area contributed by atoms with Crippen molar-refractivity contribution in [1.29, 1.82) is 0 Å². The second-order valence-electron chi connectivity index (χ2n) is 6.74. The van der Waals surface area contributed by atoms with Crippen LogP contribution in [0.2, 0.25) is 0 Å². The van der Waals surface area contributed by atoms with E-state index in [4.69, 9.17) is 0 Å². The number of rotatable bonds is 7.